The third-order valence-electron chi connectivity index (χ3n) is 4.10. The summed E-state index contributed by atoms with van der Waals surface area (Å²) < 4.78 is 22.6. The van der Waals surface area contributed by atoms with Crippen LogP contribution in [0.15, 0.2) is 5.10 Å². The van der Waals surface area contributed by atoms with Crippen LogP contribution < -0.4 is 10.7 Å². The molecule has 1 saturated carbocycles. The van der Waals surface area contributed by atoms with Crippen molar-refractivity contribution in [2.45, 2.75) is 51.5 Å². The molecule has 2 aliphatic rings. The summed E-state index contributed by atoms with van der Waals surface area (Å²) >= 11 is 0. The molecule has 2 rings (SSSR count). The van der Waals surface area contributed by atoms with E-state index in [1.54, 1.807) is 0 Å². The van der Waals surface area contributed by atoms with E-state index in [2.05, 4.69) is 15.8 Å². The predicted octanol–water partition coefficient (Wildman–Crippen LogP) is 1.43. The van der Waals surface area contributed by atoms with Crippen molar-refractivity contribution in [2.75, 3.05) is 11.5 Å². The first-order valence-electron chi connectivity index (χ1n) is 7.27. The second-order valence-electron chi connectivity index (χ2n) is 5.77. The summed E-state index contributed by atoms with van der Waals surface area (Å²) in [4.78, 5) is 11.7. The Morgan fingerprint density at radius 1 is 1.15 bits per heavy atom. The van der Waals surface area contributed by atoms with Crippen molar-refractivity contribution in [3.63, 3.8) is 0 Å². The standard InChI is InChI=1S/C13H23N3O3S/c1-10(11-5-3-2-4-6-11)15-16-13(17)14-12-7-8-20(18,19)9-12/h11-12H,2-9H2,1H3,(H2,14,16,17). The first kappa shape index (κ1) is 15.3. The molecule has 1 heterocycles. The highest BCUT2D eigenvalue weighted by atomic mass is 32.2. The molecule has 114 valence electrons. The van der Waals surface area contributed by atoms with Crippen LogP contribution in [0.25, 0.3) is 0 Å². The molecule has 2 amide bonds. The smallest absolute Gasteiger partial charge is 0.333 e. The summed E-state index contributed by atoms with van der Waals surface area (Å²) in [7, 11) is -2.97. The van der Waals surface area contributed by atoms with Gasteiger partial charge in [0.25, 0.3) is 0 Å². The number of nitrogens with one attached hydrogen (secondary N) is 2. The highest BCUT2D eigenvalue weighted by Crippen LogP contribution is 2.24. The Morgan fingerprint density at radius 3 is 2.45 bits per heavy atom. The van der Waals surface area contributed by atoms with E-state index >= 15 is 0 Å². The summed E-state index contributed by atoms with van der Waals surface area (Å²) in [5, 5.41) is 6.79. The number of carbonyl (C=O) groups is 1. The maximum atomic E-state index is 11.7. The van der Waals surface area contributed by atoms with E-state index in [0.717, 1.165) is 18.6 Å². The van der Waals surface area contributed by atoms with Gasteiger partial charge in [-0.15, -0.1) is 0 Å². The Labute approximate surface area is 120 Å². The average Bonchev–Trinajstić information content (AvgIpc) is 2.76. The molecule has 0 aromatic carbocycles. The zero-order valence-corrected chi connectivity index (χ0v) is 12.7. The van der Waals surface area contributed by atoms with Crippen LogP contribution in [0.2, 0.25) is 0 Å². The van der Waals surface area contributed by atoms with E-state index in [1.165, 1.54) is 19.3 Å². The third-order valence-corrected chi connectivity index (χ3v) is 5.87. The first-order valence-corrected chi connectivity index (χ1v) is 9.09. The SMILES string of the molecule is CC(=NNC(=O)NC1CCS(=O)(=O)C1)C1CCCCC1. The normalized spacial score (nSPS) is 27.2. The third kappa shape index (κ3) is 4.47. The summed E-state index contributed by atoms with van der Waals surface area (Å²) in [5.41, 5.74) is 3.43. The van der Waals surface area contributed by atoms with Gasteiger partial charge in [-0.2, -0.15) is 5.10 Å². The van der Waals surface area contributed by atoms with Gasteiger partial charge in [-0.05, 0) is 32.1 Å². The van der Waals surface area contributed by atoms with Crippen LogP contribution in [-0.4, -0.2) is 37.7 Å². The number of hydrogen-bond acceptors (Lipinski definition) is 4. The van der Waals surface area contributed by atoms with Crippen molar-refractivity contribution >= 4 is 21.6 Å². The number of carbonyl (C=O) groups excluding carboxylic acids is 1. The highest BCUT2D eigenvalue weighted by molar-refractivity contribution is 7.91. The number of rotatable bonds is 3. The molecule has 7 heteroatoms. The minimum atomic E-state index is -2.97. The maximum absolute atomic E-state index is 11.7. The second-order valence-corrected chi connectivity index (χ2v) is 8.00. The molecule has 1 unspecified atom stereocenters. The van der Waals surface area contributed by atoms with Gasteiger partial charge in [0.15, 0.2) is 9.84 Å². The van der Waals surface area contributed by atoms with Gasteiger partial charge < -0.3 is 5.32 Å². The van der Waals surface area contributed by atoms with E-state index in [9.17, 15) is 13.2 Å². The van der Waals surface area contributed by atoms with E-state index in [4.69, 9.17) is 0 Å². The number of nitrogens with zero attached hydrogens (tertiary/aromatic N) is 1. The Kier molecular flexibility index (Phi) is 5.01. The van der Waals surface area contributed by atoms with Gasteiger partial charge in [-0.3, -0.25) is 0 Å². The van der Waals surface area contributed by atoms with Gasteiger partial charge >= 0.3 is 6.03 Å². The molecule has 1 atom stereocenters. The number of urea groups is 1. The molecule has 6 nitrogen and oxygen atoms in total. The minimum absolute atomic E-state index is 0.0335. The molecule has 0 aromatic rings. The van der Waals surface area contributed by atoms with Gasteiger partial charge in [0.1, 0.15) is 0 Å². The topological polar surface area (TPSA) is 87.6 Å². The van der Waals surface area contributed by atoms with Crippen molar-refractivity contribution in [3.8, 4) is 0 Å². The van der Waals surface area contributed by atoms with Gasteiger partial charge in [0, 0.05) is 11.8 Å². The maximum Gasteiger partial charge on any atom is 0.335 e. The fourth-order valence-electron chi connectivity index (χ4n) is 2.88. The Hall–Kier alpha value is -1.11. The fraction of sp³-hybridized carbons (Fsp3) is 0.846. The first-order chi connectivity index (χ1) is 9.46. The van der Waals surface area contributed by atoms with Crippen LogP contribution in [-0.2, 0) is 9.84 Å². The molecule has 1 saturated heterocycles. The molecule has 2 N–H and O–H groups in total. The molecule has 0 aromatic heterocycles. The Morgan fingerprint density at radius 2 is 1.85 bits per heavy atom. The van der Waals surface area contributed by atoms with Crippen molar-refractivity contribution < 1.29 is 13.2 Å². The zero-order valence-electron chi connectivity index (χ0n) is 11.9. The summed E-state index contributed by atoms with van der Waals surface area (Å²) in [6.45, 7) is 1.94. The minimum Gasteiger partial charge on any atom is -0.333 e. The van der Waals surface area contributed by atoms with Crippen LogP contribution >= 0.6 is 0 Å². The van der Waals surface area contributed by atoms with Gasteiger partial charge in [-0.1, -0.05) is 19.3 Å². The van der Waals surface area contributed by atoms with Crippen molar-refractivity contribution in [1.82, 2.24) is 10.7 Å². The van der Waals surface area contributed by atoms with Crippen LogP contribution in [0, 0.1) is 5.92 Å². The molecule has 0 bridgehead atoms. The van der Waals surface area contributed by atoms with Gasteiger partial charge in [0.05, 0.1) is 11.5 Å². The second kappa shape index (κ2) is 6.56. The molecule has 0 radical (unpaired) electrons. The van der Waals surface area contributed by atoms with Gasteiger partial charge in [0.2, 0.25) is 0 Å². The lowest BCUT2D eigenvalue weighted by Gasteiger charge is -2.21. The van der Waals surface area contributed by atoms with E-state index in [-0.39, 0.29) is 17.5 Å². The fourth-order valence-corrected chi connectivity index (χ4v) is 4.55. The number of amides is 2. The quantitative estimate of drug-likeness (QED) is 0.610. The molecule has 1 aliphatic carbocycles. The van der Waals surface area contributed by atoms with Crippen molar-refractivity contribution in [3.05, 3.63) is 0 Å². The van der Waals surface area contributed by atoms with Crippen LogP contribution in [0.4, 0.5) is 4.79 Å². The average molecular weight is 301 g/mol. The highest BCUT2D eigenvalue weighted by Gasteiger charge is 2.28. The number of hydrogen-bond donors (Lipinski definition) is 2. The lowest BCUT2D eigenvalue weighted by molar-refractivity contribution is 0.238. The number of sulfone groups is 1. The zero-order chi connectivity index (χ0) is 14.6. The lowest BCUT2D eigenvalue weighted by Crippen LogP contribution is -2.41. The number of hydrazone groups is 1. The van der Waals surface area contributed by atoms with Crippen LogP contribution in [0.5, 0.6) is 0 Å². The summed E-state index contributed by atoms with van der Waals surface area (Å²) in [5.74, 6) is 0.657. The molecule has 1 aliphatic heterocycles. The van der Waals surface area contributed by atoms with Gasteiger partial charge in [-0.25, -0.2) is 18.6 Å². The monoisotopic (exact) mass is 301 g/mol. The Balaban J connectivity index is 1.77. The summed E-state index contributed by atoms with van der Waals surface area (Å²) in [6, 6.07) is -0.701. The van der Waals surface area contributed by atoms with Crippen LogP contribution in [0.3, 0.4) is 0 Å². The Bertz CT molecular complexity index is 481. The molecular weight excluding hydrogens is 278 g/mol. The van der Waals surface area contributed by atoms with E-state index < -0.39 is 15.9 Å². The largest absolute Gasteiger partial charge is 0.335 e. The van der Waals surface area contributed by atoms with Crippen molar-refractivity contribution in [1.29, 1.82) is 0 Å². The molecule has 2 fully saturated rings. The van der Waals surface area contributed by atoms with E-state index in [0.29, 0.717) is 12.3 Å². The lowest BCUT2D eigenvalue weighted by atomic mass is 9.86. The molecule has 0 spiro atoms. The van der Waals surface area contributed by atoms with E-state index in [1.807, 2.05) is 6.92 Å². The van der Waals surface area contributed by atoms with Crippen LogP contribution in [0.1, 0.15) is 45.4 Å². The molecule has 20 heavy (non-hydrogen) atoms. The predicted molar refractivity (Wildman–Crippen MR) is 78.4 cm³/mol. The molecular formula is C13H23N3O3S. The summed E-state index contributed by atoms with van der Waals surface area (Å²) in [6.07, 6.45) is 6.50. The van der Waals surface area contributed by atoms with Crippen molar-refractivity contribution in [2.24, 2.45) is 11.0 Å².